The average molecular weight is 327 g/mol. The number of ether oxygens (including phenoxy) is 2. The molecule has 0 amide bonds. The van der Waals surface area contributed by atoms with Crippen molar-refractivity contribution < 1.29 is 27.5 Å². The van der Waals surface area contributed by atoms with Crippen LogP contribution in [0.25, 0.3) is 0 Å². The van der Waals surface area contributed by atoms with Gasteiger partial charge in [0.25, 0.3) is 0 Å². The Kier molecular flexibility index (Phi) is 4.52. The van der Waals surface area contributed by atoms with Crippen molar-refractivity contribution in [3.05, 3.63) is 35.4 Å². The molecule has 1 unspecified atom stereocenters. The molecule has 1 N–H and O–H groups in total. The summed E-state index contributed by atoms with van der Waals surface area (Å²) in [5.74, 6) is -1.28. The SMILES string of the molecule is CC1(C(=O)OCCNS(C)(=O)=O)Cc2ccccc2C(=O)O1. The molecule has 0 aliphatic carbocycles. The lowest BCUT2D eigenvalue weighted by Gasteiger charge is -2.32. The minimum absolute atomic E-state index is 0.0365. The number of cyclic esters (lactones) is 1. The molecule has 0 aromatic heterocycles. The van der Waals surface area contributed by atoms with Gasteiger partial charge in [0.15, 0.2) is 0 Å². The molecule has 0 spiro atoms. The van der Waals surface area contributed by atoms with Crippen LogP contribution in [0.15, 0.2) is 24.3 Å². The average Bonchev–Trinajstić information content (AvgIpc) is 2.42. The van der Waals surface area contributed by atoms with E-state index in [1.807, 2.05) is 0 Å². The highest BCUT2D eigenvalue weighted by atomic mass is 32.2. The number of hydrogen-bond acceptors (Lipinski definition) is 6. The molecule has 2 rings (SSSR count). The summed E-state index contributed by atoms with van der Waals surface area (Å²) in [6.45, 7) is 1.30. The Morgan fingerprint density at radius 2 is 2.09 bits per heavy atom. The van der Waals surface area contributed by atoms with Crippen LogP contribution in [-0.2, 0) is 30.7 Å². The second-order valence-corrected chi connectivity index (χ2v) is 7.09. The summed E-state index contributed by atoms with van der Waals surface area (Å²) in [5.41, 5.74) is -0.254. The van der Waals surface area contributed by atoms with E-state index in [0.29, 0.717) is 11.1 Å². The Morgan fingerprint density at radius 1 is 1.41 bits per heavy atom. The molecule has 22 heavy (non-hydrogen) atoms. The predicted molar refractivity (Wildman–Crippen MR) is 77.8 cm³/mol. The maximum atomic E-state index is 12.1. The molecule has 1 atom stereocenters. The molecule has 0 saturated heterocycles. The zero-order valence-corrected chi connectivity index (χ0v) is 13.1. The van der Waals surface area contributed by atoms with Gasteiger partial charge < -0.3 is 9.47 Å². The van der Waals surface area contributed by atoms with Crippen LogP contribution in [0.3, 0.4) is 0 Å². The first-order valence-electron chi connectivity index (χ1n) is 6.64. The van der Waals surface area contributed by atoms with Crippen LogP contribution in [0.2, 0.25) is 0 Å². The third kappa shape index (κ3) is 3.83. The van der Waals surface area contributed by atoms with Crippen molar-refractivity contribution in [1.82, 2.24) is 4.72 Å². The van der Waals surface area contributed by atoms with E-state index in [4.69, 9.17) is 9.47 Å². The smallest absolute Gasteiger partial charge is 0.350 e. The number of hydrogen-bond donors (Lipinski definition) is 1. The molecule has 8 heteroatoms. The number of benzene rings is 1. The molecule has 7 nitrogen and oxygen atoms in total. The lowest BCUT2D eigenvalue weighted by atomic mass is 9.90. The number of carbonyl (C=O) groups excluding carboxylic acids is 2. The summed E-state index contributed by atoms with van der Waals surface area (Å²) < 4.78 is 34.2. The van der Waals surface area contributed by atoms with Crippen molar-refractivity contribution in [1.29, 1.82) is 0 Å². The lowest BCUT2D eigenvalue weighted by molar-refractivity contribution is -0.164. The maximum absolute atomic E-state index is 12.1. The lowest BCUT2D eigenvalue weighted by Crippen LogP contribution is -2.47. The van der Waals surface area contributed by atoms with Gasteiger partial charge in [-0.05, 0) is 18.6 Å². The molecular formula is C14H17NO6S. The third-order valence-corrected chi connectivity index (χ3v) is 3.94. The van der Waals surface area contributed by atoms with Crippen LogP contribution in [0, 0.1) is 0 Å². The van der Waals surface area contributed by atoms with Crippen molar-refractivity contribution in [3.63, 3.8) is 0 Å². The molecule has 0 bridgehead atoms. The van der Waals surface area contributed by atoms with Crippen LogP contribution >= 0.6 is 0 Å². The molecule has 0 saturated carbocycles. The van der Waals surface area contributed by atoms with Gasteiger partial charge in [0.2, 0.25) is 15.6 Å². The number of rotatable bonds is 5. The van der Waals surface area contributed by atoms with Crippen molar-refractivity contribution >= 4 is 22.0 Å². The topological polar surface area (TPSA) is 98.8 Å². The number of carbonyl (C=O) groups is 2. The standard InChI is InChI=1S/C14H17NO6S/c1-14(13(17)20-8-7-15-22(2,18)19)9-10-5-3-4-6-11(10)12(16)21-14/h3-6,15H,7-9H2,1-2H3. The third-order valence-electron chi connectivity index (χ3n) is 3.21. The van der Waals surface area contributed by atoms with Gasteiger partial charge in [-0.15, -0.1) is 0 Å². The van der Waals surface area contributed by atoms with E-state index in [1.54, 1.807) is 24.3 Å². The van der Waals surface area contributed by atoms with Crippen molar-refractivity contribution in [2.45, 2.75) is 18.9 Å². The molecule has 1 aromatic rings. The molecular weight excluding hydrogens is 310 g/mol. The number of esters is 2. The van der Waals surface area contributed by atoms with Crippen LogP contribution in [0.5, 0.6) is 0 Å². The monoisotopic (exact) mass is 327 g/mol. The Bertz CT molecular complexity index is 699. The van der Waals surface area contributed by atoms with Gasteiger partial charge >= 0.3 is 11.9 Å². The summed E-state index contributed by atoms with van der Waals surface area (Å²) in [6, 6.07) is 6.89. The molecule has 120 valence electrons. The molecule has 1 aliphatic heterocycles. The largest absolute Gasteiger partial charge is 0.461 e. The Balaban J connectivity index is 2.00. The Morgan fingerprint density at radius 3 is 2.77 bits per heavy atom. The maximum Gasteiger partial charge on any atom is 0.350 e. The molecule has 1 heterocycles. The fraction of sp³-hybridized carbons (Fsp3) is 0.429. The van der Waals surface area contributed by atoms with Gasteiger partial charge in [-0.25, -0.2) is 22.7 Å². The van der Waals surface area contributed by atoms with E-state index in [9.17, 15) is 18.0 Å². The number of sulfonamides is 1. The van der Waals surface area contributed by atoms with E-state index in [1.165, 1.54) is 6.92 Å². The van der Waals surface area contributed by atoms with Crippen molar-refractivity contribution in [2.24, 2.45) is 0 Å². The first-order chi connectivity index (χ1) is 10.2. The first kappa shape index (κ1) is 16.4. The zero-order chi connectivity index (χ0) is 16.4. The van der Waals surface area contributed by atoms with Gasteiger partial charge in [-0.1, -0.05) is 18.2 Å². The van der Waals surface area contributed by atoms with Crippen LogP contribution in [0.4, 0.5) is 0 Å². The van der Waals surface area contributed by atoms with Crippen LogP contribution in [-0.4, -0.2) is 45.4 Å². The van der Waals surface area contributed by atoms with E-state index in [0.717, 1.165) is 6.26 Å². The van der Waals surface area contributed by atoms with Gasteiger partial charge in [-0.3, -0.25) is 0 Å². The molecule has 1 aliphatic rings. The summed E-state index contributed by atoms with van der Waals surface area (Å²) >= 11 is 0. The molecule has 0 radical (unpaired) electrons. The zero-order valence-electron chi connectivity index (χ0n) is 12.3. The highest BCUT2D eigenvalue weighted by Crippen LogP contribution is 2.28. The second-order valence-electron chi connectivity index (χ2n) is 5.26. The van der Waals surface area contributed by atoms with Crippen LogP contribution in [0.1, 0.15) is 22.8 Å². The van der Waals surface area contributed by atoms with E-state index in [2.05, 4.69) is 4.72 Å². The summed E-state index contributed by atoms with van der Waals surface area (Å²) in [6.07, 6.45) is 1.23. The van der Waals surface area contributed by atoms with E-state index >= 15 is 0 Å². The van der Waals surface area contributed by atoms with Gasteiger partial charge in [0.05, 0.1) is 11.8 Å². The van der Waals surface area contributed by atoms with E-state index in [-0.39, 0.29) is 19.6 Å². The highest BCUT2D eigenvalue weighted by molar-refractivity contribution is 7.88. The summed E-state index contributed by atoms with van der Waals surface area (Å²) in [7, 11) is -3.34. The first-order valence-corrected chi connectivity index (χ1v) is 8.53. The highest BCUT2D eigenvalue weighted by Gasteiger charge is 2.43. The van der Waals surface area contributed by atoms with Gasteiger partial charge in [-0.2, -0.15) is 0 Å². The quantitative estimate of drug-likeness (QED) is 0.615. The van der Waals surface area contributed by atoms with E-state index < -0.39 is 27.6 Å². The van der Waals surface area contributed by atoms with Crippen LogP contribution < -0.4 is 4.72 Å². The number of nitrogens with one attached hydrogen (secondary N) is 1. The summed E-state index contributed by atoms with van der Waals surface area (Å²) in [4.78, 5) is 24.1. The predicted octanol–water partition coefficient (Wildman–Crippen LogP) is 0.251. The Hall–Kier alpha value is -1.93. The van der Waals surface area contributed by atoms with Crippen molar-refractivity contribution in [2.75, 3.05) is 19.4 Å². The number of fused-ring (bicyclic) bond motifs is 1. The molecule has 0 fully saturated rings. The van der Waals surface area contributed by atoms with Gasteiger partial charge in [0, 0.05) is 13.0 Å². The fourth-order valence-electron chi connectivity index (χ4n) is 2.17. The van der Waals surface area contributed by atoms with Crippen molar-refractivity contribution in [3.8, 4) is 0 Å². The molecule has 1 aromatic carbocycles. The summed E-state index contributed by atoms with van der Waals surface area (Å²) in [5, 5.41) is 0. The minimum Gasteiger partial charge on any atom is -0.461 e. The second kappa shape index (κ2) is 6.05. The minimum atomic E-state index is -3.34. The fourth-order valence-corrected chi connectivity index (χ4v) is 2.62. The normalized spacial score (nSPS) is 20.9. The Labute approximate surface area is 128 Å². The van der Waals surface area contributed by atoms with Gasteiger partial charge in [0.1, 0.15) is 6.61 Å².